The zero-order chi connectivity index (χ0) is 16.9. The van der Waals surface area contributed by atoms with E-state index < -0.39 is 0 Å². The van der Waals surface area contributed by atoms with Crippen molar-refractivity contribution < 1.29 is 4.74 Å². The molecule has 0 saturated heterocycles. The molecule has 4 heteroatoms. The lowest BCUT2D eigenvalue weighted by atomic mass is 10.1. The monoisotopic (exact) mass is 320 g/mol. The molecule has 0 radical (unpaired) electrons. The van der Waals surface area contributed by atoms with Gasteiger partial charge in [0.15, 0.2) is 0 Å². The third kappa shape index (κ3) is 3.90. The average molecular weight is 320 g/mol. The fraction of sp³-hybridized carbons (Fsp3) is 0.200. The fourth-order valence-corrected chi connectivity index (χ4v) is 2.47. The Hall–Kier alpha value is -2.88. The van der Waals surface area contributed by atoms with Gasteiger partial charge in [-0.3, -0.25) is 4.79 Å². The van der Waals surface area contributed by atoms with Crippen molar-refractivity contribution in [3.05, 3.63) is 82.3 Å². The van der Waals surface area contributed by atoms with E-state index in [-0.39, 0.29) is 11.7 Å². The maximum atomic E-state index is 12.3. The van der Waals surface area contributed by atoms with Crippen LogP contribution in [-0.4, -0.2) is 16.1 Å². The molecule has 0 bridgehead atoms. The van der Waals surface area contributed by atoms with Crippen LogP contribution < -0.4 is 10.3 Å². The first-order chi connectivity index (χ1) is 11.6. The molecule has 3 aromatic rings. The van der Waals surface area contributed by atoms with Gasteiger partial charge in [0.05, 0.1) is 6.10 Å². The van der Waals surface area contributed by atoms with E-state index in [2.05, 4.69) is 9.97 Å². The highest BCUT2D eigenvalue weighted by Gasteiger charge is 2.06. The second kappa shape index (κ2) is 7.13. The van der Waals surface area contributed by atoms with Crippen LogP contribution in [0.2, 0.25) is 0 Å². The number of nitrogens with one attached hydrogen (secondary N) is 1. The summed E-state index contributed by atoms with van der Waals surface area (Å²) in [6, 6.07) is 17.4. The fourth-order valence-electron chi connectivity index (χ4n) is 2.47. The van der Waals surface area contributed by atoms with Crippen molar-refractivity contribution in [3.8, 4) is 17.1 Å². The molecular formula is C20H20N2O2. The summed E-state index contributed by atoms with van der Waals surface area (Å²) in [5.41, 5.74) is 2.49. The zero-order valence-electron chi connectivity index (χ0n) is 13.8. The number of aromatic nitrogens is 2. The number of hydrogen-bond acceptors (Lipinski definition) is 3. The van der Waals surface area contributed by atoms with Gasteiger partial charge < -0.3 is 9.72 Å². The molecular weight excluding hydrogens is 300 g/mol. The van der Waals surface area contributed by atoms with Crippen LogP contribution in [0.5, 0.6) is 5.75 Å². The maximum absolute atomic E-state index is 12.3. The highest BCUT2D eigenvalue weighted by atomic mass is 16.5. The third-order valence-electron chi connectivity index (χ3n) is 3.61. The summed E-state index contributed by atoms with van der Waals surface area (Å²) < 4.78 is 5.63. The Morgan fingerprint density at radius 1 is 1.04 bits per heavy atom. The van der Waals surface area contributed by atoms with Gasteiger partial charge >= 0.3 is 0 Å². The van der Waals surface area contributed by atoms with Gasteiger partial charge in [-0.2, -0.15) is 0 Å². The van der Waals surface area contributed by atoms with E-state index in [9.17, 15) is 4.79 Å². The number of rotatable bonds is 5. The van der Waals surface area contributed by atoms with Crippen LogP contribution in [0.3, 0.4) is 0 Å². The van der Waals surface area contributed by atoms with E-state index >= 15 is 0 Å². The van der Waals surface area contributed by atoms with Crippen LogP contribution in [0.4, 0.5) is 0 Å². The van der Waals surface area contributed by atoms with Gasteiger partial charge in [0.1, 0.15) is 11.6 Å². The molecule has 4 nitrogen and oxygen atoms in total. The summed E-state index contributed by atoms with van der Waals surface area (Å²) in [5.74, 6) is 1.42. The Labute approximate surface area is 141 Å². The van der Waals surface area contributed by atoms with E-state index in [0.717, 1.165) is 16.9 Å². The quantitative estimate of drug-likeness (QED) is 0.777. The van der Waals surface area contributed by atoms with Crippen molar-refractivity contribution in [3.63, 3.8) is 0 Å². The lowest BCUT2D eigenvalue weighted by Gasteiger charge is -2.10. The highest BCUT2D eigenvalue weighted by molar-refractivity contribution is 5.54. The van der Waals surface area contributed by atoms with Gasteiger partial charge in [-0.15, -0.1) is 0 Å². The van der Waals surface area contributed by atoms with Crippen LogP contribution in [0.25, 0.3) is 11.4 Å². The first kappa shape index (κ1) is 16.0. The normalized spacial score (nSPS) is 10.8. The van der Waals surface area contributed by atoms with E-state index in [1.165, 1.54) is 0 Å². The summed E-state index contributed by atoms with van der Waals surface area (Å²) in [6.45, 7) is 3.99. The molecule has 0 fully saturated rings. The standard InChI is InChI=1S/C20H20N2O2/c1-14(2)24-18-10-8-15(9-11-18)12-17-13-21-19(22-20(17)23)16-6-4-3-5-7-16/h3-11,13-14H,12H2,1-2H3,(H,21,22,23). The van der Waals surface area contributed by atoms with Gasteiger partial charge in [0, 0.05) is 23.7 Å². The van der Waals surface area contributed by atoms with Crippen LogP contribution in [0.15, 0.2) is 65.6 Å². The molecule has 24 heavy (non-hydrogen) atoms. The van der Waals surface area contributed by atoms with E-state index in [1.54, 1.807) is 6.20 Å². The summed E-state index contributed by atoms with van der Waals surface area (Å²) in [6.07, 6.45) is 2.34. The van der Waals surface area contributed by atoms with Crippen molar-refractivity contribution in [2.45, 2.75) is 26.4 Å². The first-order valence-corrected chi connectivity index (χ1v) is 8.01. The summed E-state index contributed by atoms with van der Waals surface area (Å²) in [4.78, 5) is 19.6. The minimum absolute atomic E-state index is 0.105. The van der Waals surface area contributed by atoms with Crippen LogP contribution in [0.1, 0.15) is 25.0 Å². The zero-order valence-corrected chi connectivity index (χ0v) is 13.8. The van der Waals surface area contributed by atoms with Gasteiger partial charge in [-0.25, -0.2) is 4.98 Å². The molecule has 0 aliphatic carbocycles. The summed E-state index contributed by atoms with van der Waals surface area (Å²) in [7, 11) is 0. The van der Waals surface area contributed by atoms with Gasteiger partial charge in [-0.1, -0.05) is 42.5 Å². The molecule has 3 rings (SSSR count). The van der Waals surface area contributed by atoms with Crippen molar-refractivity contribution in [2.75, 3.05) is 0 Å². The van der Waals surface area contributed by atoms with E-state index in [1.807, 2.05) is 68.4 Å². The minimum atomic E-state index is -0.105. The highest BCUT2D eigenvalue weighted by Crippen LogP contribution is 2.16. The SMILES string of the molecule is CC(C)Oc1ccc(Cc2cnc(-c3ccccc3)[nH]c2=O)cc1. The molecule has 1 aromatic heterocycles. The topological polar surface area (TPSA) is 55.0 Å². The number of ether oxygens (including phenoxy) is 1. The molecule has 0 unspecified atom stereocenters. The third-order valence-corrected chi connectivity index (χ3v) is 3.61. The Kier molecular flexibility index (Phi) is 4.75. The minimum Gasteiger partial charge on any atom is -0.491 e. The van der Waals surface area contributed by atoms with Crippen molar-refractivity contribution >= 4 is 0 Å². The predicted molar refractivity (Wildman–Crippen MR) is 95.3 cm³/mol. The maximum Gasteiger partial charge on any atom is 0.254 e. The summed E-state index contributed by atoms with van der Waals surface area (Å²) >= 11 is 0. The van der Waals surface area contributed by atoms with E-state index in [0.29, 0.717) is 17.8 Å². The molecule has 0 aliphatic heterocycles. The largest absolute Gasteiger partial charge is 0.491 e. The Bertz CT molecular complexity index is 853. The molecule has 1 heterocycles. The van der Waals surface area contributed by atoms with Crippen molar-refractivity contribution in [1.82, 2.24) is 9.97 Å². The average Bonchev–Trinajstić information content (AvgIpc) is 2.59. The van der Waals surface area contributed by atoms with Gasteiger partial charge in [0.25, 0.3) is 5.56 Å². The molecule has 0 atom stereocenters. The number of hydrogen-bond donors (Lipinski definition) is 1. The second-order valence-corrected chi connectivity index (χ2v) is 5.94. The van der Waals surface area contributed by atoms with Gasteiger partial charge in [-0.05, 0) is 31.5 Å². The van der Waals surface area contributed by atoms with Crippen LogP contribution in [-0.2, 0) is 6.42 Å². The first-order valence-electron chi connectivity index (χ1n) is 8.01. The van der Waals surface area contributed by atoms with E-state index in [4.69, 9.17) is 4.74 Å². The molecule has 1 N–H and O–H groups in total. The number of aromatic amines is 1. The van der Waals surface area contributed by atoms with Crippen LogP contribution >= 0.6 is 0 Å². The number of benzene rings is 2. The second-order valence-electron chi connectivity index (χ2n) is 5.94. The lowest BCUT2D eigenvalue weighted by molar-refractivity contribution is 0.242. The molecule has 2 aromatic carbocycles. The Morgan fingerprint density at radius 3 is 2.38 bits per heavy atom. The molecule has 0 amide bonds. The predicted octanol–water partition coefficient (Wildman–Crippen LogP) is 3.81. The molecule has 0 saturated carbocycles. The van der Waals surface area contributed by atoms with Gasteiger partial charge in [0.2, 0.25) is 0 Å². The Morgan fingerprint density at radius 2 is 1.75 bits per heavy atom. The van der Waals surface area contributed by atoms with Crippen molar-refractivity contribution in [1.29, 1.82) is 0 Å². The van der Waals surface area contributed by atoms with Crippen LogP contribution in [0, 0.1) is 0 Å². The lowest BCUT2D eigenvalue weighted by Crippen LogP contribution is -2.15. The Balaban J connectivity index is 1.77. The molecule has 0 aliphatic rings. The van der Waals surface area contributed by atoms with Crippen molar-refractivity contribution in [2.24, 2.45) is 0 Å². The molecule has 122 valence electrons. The number of H-pyrrole nitrogens is 1. The smallest absolute Gasteiger partial charge is 0.254 e. The number of nitrogens with zero attached hydrogens (tertiary/aromatic N) is 1. The molecule has 0 spiro atoms. The summed E-state index contributed by atoms with van der Waals surface area (Å²) in [5, 5.41) is 0.